The quantitative estimate of drug-likeness (QED) is 0.517. The van der Waals surface area contributed by atoms with Gasteiger partial charge in [-0.15, -0.1) is 0 Å². The summed E-state index contributed by atoms with van der Waals surface area (Å²) in [7, 11) is 1.48. The van der Waals surface area contributed by atoms with Crippen LogP contribution in [0, 0.1) is 0 Å². The first kappa shape index (κ1) is 15.2. The molecule has 0 atom stereocenters. The average Bonchev–Trinajstić information content (AvgIpc) is 3.27. The second kappa shape index (κ2) is 6.97. The van der Waals surface area contributed by atoms with Crippen molar-refractivity contribution in [3.8, 4) is 5.75 Å². The summed E-state index contributed by atoms with van der Waals surface area (Å²) in [6, 6.07) is 5.42. The van der Waals surface area contributed by atoms with Gasteiger partial charge >= 0.3 is 0 Å². The maximum absolute atomic E-state index is 12.1. The summed E-state index contributed by atoms with van der Waals surface area (Å²) in [6.45, 7) is 0.439. The Hall–Kier alpha value is -2.24. The smallest absolute Gasteiger partial charge is 0.255 e. The molecule has 6 heteroatoms. The number of para-hydroxylation sites is 1. The Morgan fingerprint density at radius 1 is 1.38 bits per heavy atom. The summed E-state index contributed by atoms with van der Waals surface area (Å²) < 4.78 is 5.14. The molecule has 0 unspecified atom stereocenters. The number of ether oxygens (including phenoxy) is 1. The third-order valence-corrected chi connectivity index (χ3v) is 3.30. The number of amides is 2. The Morgan fingerprint density at radius 2 is 2.14 bits per heavy atom. The Kier molecular flexibility index (Phi) is 5.03. The van der Waals surface area contributed by atoms with E-state index in [1.54, 1.807) is 18.2 Å². The molecule has 6 nitrogen and oxygen atoms in total. The SMILES string of the molecule is COc1c(N)cccc1C(=O)NCCCC(=O)NC1CC1. The molecular formula is C15H21N3O3. The summed E-state index contributed by atoms with van der Waals surface area (Å²) >= 11 is 0. The highest BCUT2D eigenvalue weighted by Gasteiger charge is 2.22. The highest BCUT2D eigenvalue weighted by Crippen LogP contribution is 2.25. The molecule has 1 aromatic carbocycles. The Bertz CT molecular complexity index is 527. The van der Waals surface area contributed by atoms with E-state index < -0.39 is 0 Å². The summed E-state index contributed by atoms with van der Waals surface area (Å²) in [5.74, 6) is 0.177. The van der Waals surface area contributed by atoms with Crippen LogP contribution >= 0.6 is 0 Å². The van der Waals surface area contributed by atoms with Crippen LogP contribution in [0.1, 0.15) is 36.0 Å². The van der Waals surface area contributed by atoms with Gasteiger partial charge in [0.25, 0.3) is 5.91 Å². The van der Waals surface area contributed by atoms with Gasteiger partial charge in [0.15, 0.2) is 5.75 Å². The number of anilines is 1. The van der Waals surface area contributed by atoms with E-state index in [1.165, 1.54) is 7.11 Å². The van der Waals surface area contributed by atoms with Crippen LogP contribution in [0.5, 0.6) is 5.75 Å². The lowest BCUT2D eigenvalue weighted by atomic mass is 10.1. The van der Waals surface area contributed by atoms with Crippen LogP contribution in [-0.4, -0.2) is 31.5 Å². The molecule has 0 radical (unpaired) electrons. The number of nitrogen functional groups attached to an aromatic ring is 1. The van der Waals surface area contributed by atoms with Gasteiger partial charge < -0.3 is 21.1 Å². The van der Waals surface area contributed by atoms with E-state index in [0.29, 0.717) is 42.4 Å². The van der Waals surface area contributed by atoms with E-state index >= 15 is 0 Å². The Morgan fingerprint density at radius 3 is 2.81 bits per heavy atom. The fourth-order valence-electron chi connectivity index (χ4n) is 2.04. The largest absolute Gasteiger partial charge is 0.494 e. The molecule has 1 aromatic rings. The van der Waals surface area contributed by atoms with Crippen LogP contribution in [0.4, 0.5) is 5.69 Å². The van der Waals surface area contributed by atoms with E-state index in [2.05, 4.69) is 10.6 Å². The van der Waals surface area contributed by atoms with Gasteiger partial charge in [-0.1, -0.05) is 6.07 Å². The number of carbonyl (C=O) groups excluding carboxylic acids is 2. The number of hydrogen-bond donors (Lipinski definition) is 3. The van der Waals surface area contributed by atoms with Gasteiger partial charge in [-0.3, -0.25) is 9.59 Å². The molecule has 1 aliphatic rings. The standard InChI is InChI=1S/C15H21N3O3/c1-21-14-11(4-2-5-12(14)16)15(20)17-9-3-6-13(19)18-10-7-8-10/h2,4-5,10H,3,6-9,16H2,1H3,(H,17,20)(H,18,19). The van der Waals surface area contributed by atoms with E-state index in [-0.39, 0.29) is 11.8 Å². The van der Waals surface area contributed by atoms with E-state index in [4.69, 9.17) is 10.5 Å². The normalized spacial score (nSPS) is 13.6. The van der Waals surface area contributed by atoms with E-state index in [1.807, 2.05) is 0 Å². The predicted octanol–water partition coefficient (Wildman–Crippen LogP) is 1.07. The lowest BCUT2D eigenvalue weighted by Crippen LogP contribution is -2.28. The first-order valence-corrected chi connectivity index (χ1v) is 7.12. The molecule has 0 bridgehead atoms. The van der Waals surface area contributed by atoms with E-state index in [0.717, 1.165) is 12.8 Å². The molecule has 2 amide bonds. The van der Waals surface area contributed by atoms with Crippen LogP contribution in [-0.2, 0) is 4.79 Å². The second-order valence-corrected chi connectivity index (χ2v) is 5.13. The second-order valence-electron chi connectivity index (χ2n) is 5.13. The van der Waals surface area contributed by atoms with Gasteiger partial charge in [0.05, 0.1) is 18.4 Å². The van der Waals surface area contributed by atoms with Gasteiger partial charge in [0, 0.05) is 19.0 Å². The van der Waals surface area contributed by atoms with Crippen molar-refractivity contribution in [2.24, 2.45) is 0 Å². The van der Waals surface area contributed by atoms with Crippen LogP contribution in [0.15, 0.2) is 18.2 Å². The molecule has 1 aliphatic carbocycles. The molecule has 0 aromatic heterocycles. The van der Waals surface area contributed by atoms with Gasteiger partial charge in [-0.2, -0.15) is 0 Å². The number of benzene rings is 1. The Balaban J connectivity index is 1.76. The molecule has 21 heavy (non-hydrogen) atoms. The average molecular weight is 291 g/mol. The molecule has 1 fully saturated rings. The molecule has 0 aliphatic heterocycles. The number of rotatable bonds is 7. The minimum atomic E-state index is -0.248. The fraction of sp³-hybridized carbons (Fsp3) is 0.467. The number of nitrogens with two attached hydrogens (primary N) is 1. The molecule has 0 heterocycles. The number of carbonyl (C=O) groups is 2. The zero-order chi connectivity index (χ0) is 15.2. The highest BCUT2D eigenvalue weighted by molar-refractivity contribution is 5.98. The lowest BCUT2D eigenvalue weighted by Gasteiger charge is -2.11. The zero-order valence-corrected chi connectivity index (χ0v) is 12.1. The van der Waals surface area contributed by atoms with Crippen molar-refractivity contribution in [3.05, 3.63) is 23.8 Å². The van der Waals surface area contributed by atoms with Gasteiger partial charge in [-0.25, -0.2) is 0 Å². The number of nitrogens with one attached hydrogen (secondary N) is 2. The summed E-state index contributed by atoms with van der Waals surface area (Å²) in [6.07, 6.45) is 3.19. The maximum atomic E-state index is 12.1. The highest BCUT2D eigenvalue weighted by atomic mass is 16.5. The summed E-state index contributed by atoms with van der Waals surface area (Å²) in [5.41, 5.74) is 6.59. The molecule has 1 saturated carbocycles. The third-order valence-electron chi connectivity index (χ3n) is 3.30. The van der Waals surface area contributed by atoms with Crippen LogP contribution < -0.4 is 21.1 Å². The summed E-state index contributed by atoms with van der Waals surface area (Å²) in [5, 5.41) is 5.68. The number of hydrogen-bond acceptors (Lipinski definition) is 4. The molecule has 0 spiro atoms. The van der Waals surface area contributed by atoms with Crippen molar-refractivity contribution in [3.63, 3.8) is 0 Å². The van der Waals surface area contributed by atoms with Crippen molar-refractivity contribution in [1.82, 2.24) is 10.6 Å². The maximum Gasteiger partial charge on any atom is 0.255 e. The summed E-state index contributed by atoms with van der Waals surface area (Å²) in [4.78, 5) is 23.6. The van der Waals surface area contributed by atoms with E-state index in [9.17, 15) is 9.59 Å². The molecule has 2 rings (SSSR count). The van der Waals surface area contributed by atoms with Gasteiger partial charge in [-0.05, 0) is 31.4 Å². The van der Waals surface area contributed by atoms with Gasteiger partial charge in [0.2, 0.25) is 5.91 Å². The van der Waals surface area contributed by atoms with Crippen LogP contribution in [0.25, 0.3) is 0 Å². The zero-order valence-electron chi connectivity index (χ0n) is 12.1. The molecule has 0 saturated heterocycles. The monoisotopic (exact) mass is 291 g/mol. The lowest BCUT2D eigenvalue weighted by molar-refractivity contribution is -0.121. The number of methoxy groups -OCH3 is 1. The third kappa shape index (κ3) is 4.37. The minimum Gasteiger partial charge on any atom is -0.494 e. The predicted molar refractivity (Wildman–Crippen MR) is 80.1 cm³/mol. The van der Waals surface area contributed by atoms with Crippen molar-refractivity contribution in [2.75, 3.05) is 19.4 Å². The van der Waals surface area contributed by atoms with Crippen LogP contribution in [0.3, 0.4) is 0 Å². The van der Waals surface area contributed by atoms with Crippen molar-refractivity contribution >= 4 is 17.5 Å². The van der Waals surface area contributed by atoms with Crippen molar-refractivity contribution in [1.29, 1.82) is 0 Å². The van der Waals surface area contributed by atoms with Crippen molar-refractivity contribution in [2.45, 2.75) is 31.7 Å². The van der Waals surface area contributed by atoms with Crippen LogP contribution in [0.2, 0.25) is 0 Å². The van der Waals surface area contributed by atoms with Crippen molar-refractivity contribution < 1.29 is 14.3 Å². The molecule has 4 N–H and O–H groups in total. The minimum absolute atomic E-state index is 0.0493. The first-order chi connectivity index (χ1) is 10.1. The topological polar surface area (TPSA) is 93.4 Å². The molecular weight excluding hydrogens is 270 g/mol. The first-order valence-electron chi connectivity index (χ1n) is 7.12. The fourth-order valence-corrected chi connectivity index (χ4v) is 2.04. The molecule has 114 valence electrons. The van der Waals surface area contributed by atoms with Gasteiger partial charge in [0.1, 0.15) is 0 Å². The Labute approximate surface area is 124 Å².